The molecule has 0 saturated carbocycles. The molecule has 0 fully saturated rings. The van der Waals surface area contributed by atoms with Crippen molar-refractivity contribution in [2.75, 3.05) is 5.32 Å². The highest BCUT2D eigenvalue weighted by Crippen LogP contribution is 2.21. The van der Waals surface area contributed by atoms with Crippen molar-refractivity contribution >= 4 is 28.8 Å². The second-order valence-corrected chi connectivity index (χ2v) is 4.61. The molecule has 2 aromatic carbocycles. The standard InChI is InChI=1S/C14H10F2N2O2S/c15-8-2-3-9(12(19)6-8)14(20)18-11-4-1-7(13(17)21)5-10(11)16/h1-6,19H,(H2,17,21)(H,18,20). The third-order valence-electron chi connectivity index (χ3n) is 2.71. The quantitative estimate of drug-likeness (QED) is 0.762. The summed E-state index contributed by atoms with van der Waals surface area (Å²) in [4.78, 5) is 11.9. The lowest BCUT2D eigenvalue weighted by atomic mass is 10.1. The zero-order valence-electron chi connectivity index (χ0n) is 10.6. The van der Waals surface area contributed by atoms with Crippen LogP contribution in [0.4, 0.5) is 14.5 Å². The molecule has 0 heterocycles. The van der Waals surface area contributed by atoms with E-state index in [0.717, 1.165) is 24.3 Å². The maximum atomic E-state index is 13.8. The first-order valence-electron chi connectivity index (χ1n) is 5.77. The molecule has 21 heavy (non-hydrogen) atoms. The van der Waals surface area contributed by atoms with Gasteiger partial charge in [-0.1, -0.05) is 12.2 Å². The van der Waals surface area contributed by atoms with E-state index in [1.54, 1.807) is 0 Å². The number of phenolic OH excluding ortho intramolecular Hbond substituents is 1. The Kier molecular flexibility index (Phi) is 4.13. The van der Waals surface area contributed by atoms with Crippen molar-refractivity contribution in [3.63, 3.8) is 0 Å². The van der Waals surface area contributed by atoms with E-state index < -0.39 is 23.3 Å². The minimum absolute atomic E-state index is 0.0305. The fourth-order valence-corrected chi connectivity index (χ4v) is 1.78. The van der Waals surface area contributed by atoms with Gasteiger partial charge in [0.1, 0.15) is 22.4 Å². The number of carbonyl (C=O) groups is 1. The number of thiocarbonyl (C=S) groups is 1. The molecule has 0 aliphatic heterocycles. The predicted octanol–water partition coefficient (Wildman–Crippen LogP) is 2.56. The van der Waals surface area contributed by atoms with Gasteiger partial charge < -0.3 is 16.2 Å². The first kappa shape index (κ1) is 14.9. The Morgan fingerprint density at radius 3 is 2.48 bits per heavy atom. The van der Waals surface area contributed by atoms with E-state index in [-0.39, 0.29) is 16.2 Å². The number of benzene rings is 2. The predicted molar refractivity (Wildman–Crippen MR) is 78.3 cm³/mol. The highest BCUT2D eigenvalue weighted by Gasteiger charge is 2.14. The summed E-state index contributed by atoms with van der Waals surface area (Å²) in [6, 6.07) is 6.74. The summed E-state index contributed by atoms with van der Waals surface area (Å²) in [6.07, 6.45) is 0. The van der Waals surface area contributed by atoms with Gasteiger partial charge in [0.25, 0.3) is 5.91 Å². The normalized spacial score (nSPS) is 10.2. The van der Waals surface area contributed by atoms with E-state index in [1.165, 1.54) is 12.1 Å². The van der Waals surface area contributed by atoms with E-state index in [4.69, 9.17) is 18.0 Å². The van der Waals surface area contributed by atoms with Crippen LogP contribution in [-0.2, 0) is 0 Å². The Hall–Kier alpha value is -2.54. The van der Waals surface area contributed by atoms with Crippen molar-refractivity contribution in [3.8, 4) is 5.75 Å². The molecule has 7 heteroatoms. The Balaban J connectivity index is 2.25. The van der Waals surface area contributed by atoms with Crippen LogP contribution in [-0.4, -0.2) is 16.0 Å². The van der Waals surface area contributed by atoms with Gasteiger partial charge in [-0.25, -0.2) is 8.78 Å². The Labute approximate surface area is 124 Å². The summed E-state index contributed by atoms with van der Waals surface area (Å²) in [5, 5.41) is 11.8. The molecule has 0 saturated heterocycles. The Bertz CT molecular complexity index is 735. The number of halogens is 2. The van der Waals surface area contributed by atoms with Gasteiger partial charge in [-0.15, -0.1) is 0 Å². The molecule has 108 valence electrons. The van der Waals surface area contributed by atoms with Crippen molar-refractivity contribution < 1.29 is 18.7 Å². The maximum Gasteiger partial charge on any atom is 0.259 e. The van der Waals surface area contributed by atoms with Gasteiger partial charge in [0.2, 0.25) is 0 Å². The molecular formula is C14H10F2N2O2S. The smallest absolute Gasteiger partial charge is 0.259 e. The van der Waals surface area contributed by atoms with Gasteiger partial charge in [-0.2, -0.15) is 0 Å². The van der Waals surface area contributed by atoms with E-state index >= 15 is 0 Å². The number of aromatic hydroxyl groups is 1. The van der Waals surface area contributed by atoms with Crippen molar-refractivity contribution in [1.82, 2.24) is 0 Å². The molecular weight excluding hydrogens is 298 g/mol. The molecule has 0 bridgehead atoms. The van der Waals surface area contributed by atoms with Gasteiger partial charge in [-0.05, 0) is 30.3 Å². The van der Waals surface area contributed by atoms with Gasteiger partial charge in [0, 0.05) is 11.6 Å². The molecule has 0 aliphatic rings. The largest absolute Gasteiger partial charge is 0.507 e. The highest BCUT2D eigenvalue weighted by molar-refractivity contribution is 7.80. The zero-order valence-corrected chi connectivity index (χ0v) is 11.4. The average molecular weight is 308 g/mol. The Morgan fingerprint density at radius 2 is 1.90 bits per heavy atom. The SMILES string of the molecule is NC(=S)c1ccc(NC(=O)c2ccc(F)cc2O)c(F)c1. The monoisotopic (exact) mass is 308 g/mol. The van der Waals surface area contributed by atoms with Crippen LogP contribution >= 0.6 is 12.2 Å². The summed E-state index contributed by atoms with van der Waals surface area (Å²) in [5.74, 6) is -2.71. The zero-order chi connectivity index (χ0) is 15.6. The first-order chi connectivity index (χ1) is 9.88. The molecule has 1 amide bonds. The van der Waals surface area contributed by atoms with Gasteiger partial charge in [0.15, 0.2) is 0 Å². The molecule has 0 radical (unpaired) electrons. The van der Waals surface area contributed by atoms with Crippen LogP contribution in [0.1, 0.15) is 15.9 Å². The van der Waals surface area contributed by atoms with E-state index in [9.17, 15) is 18.7 Å². The van der Waals surface area contributed by atoms with Gasteiger partial charge >= 0.3 is 0 Å². The van der Waals surface area contributed by atoms with Crippen LogP contribution in [0.15, 0.2) is 36.4 Å². The molecule has 2 aromatic rings. The number of nitrogens with one attached hydrogen (secondary N) is 1. The van der Waals surface area contributed by atoms with Crippen molar-refractivity contribution in [1.29, 1.82) is 0 Å². The summed E-state index contributed by atoms with van der Waals surface area (Å²) in [6.45, 7) is 0. The van der Waals surface area contributed by atoms with Crippen LogP contribution < -0.4 is 11.1 Å². The van der Waals surface area contributed by atoms with E-state index in [0.29, 0.717) is 5.56 Å². The number of hydrogen-bond acceptors (Lipinski definition) is 3. The lowest BCUT2D eigenvalue weighted by Gasteiger charge is -2.09. The third-order valence-corrected chi connectivity index (χ3v) is 2.94. The molecule has 4 nitrogen and oxygen atoms in total. The second kappa shape index (κ2) is 5.84. The van der Waals surface area contributed by atoms with Crippen molar-refractivity contribution in [3.05, 3.63) is 59.2 Å². The maximum absolute atomic E-state index is 13.8. The number of anilines is 1. The summed E-state index contributed by atoms with van der Waals surface area (Å²) in [5.41, 5.74) is 5.41. The molecule has 0 spiro atoms. The van der Waals surface area contributed by atoms with Gasteiger partial charge in [-0.3, -0.25) is 4.79 Å². The minimum atomic E-state index is -0.769. The number of phenols is 1. The number of hydrogen-bond donors (Lipinski definition) is 3. The summed E-state index contributed by atoms with van der Waals surface area (Å²) < 4.78 is 26.6. The van der Waals surface area contributed by atoms with E-state index in [1.807, 2.05) is 0 Å². The Morgan fingerprint density at radius 1 is 1.19 bits per heavy atom. The fraction of sp³-hybridized carbons (Fsp3) is 0. The topological polar surface area (TPSA) is 75.3 Å². The van der Waals surface area contributed by atoms with Crippen LogP contribution in [0.3, 0.4) is 0 Å². The molecule has 4 N–H and O–H groups in total. The summed E-state index contributed by atoms with van der Waals surface area (Å²) in [7, 11) is 0. The molecule has 0 aromatic heterocycles. The van der Waals surface area contributed by atoms with Crippen molar-refractivity contribution in [2.45, 2.75) is 0 Å². The lowest BCUT2D eigenvalue weighted by molar-refractivity contribution is 0.102. The summed E-state index contributed by atoms with van der Waals surface area (Å²) >= 11 is 4.71. The highest BCUT2D eigenvalue weighted by atomic mass is 32.1. The van der Waals surface area contributed by atoms with Crippen molar-refractivity contribution in [2.24, 2.45) is 5.73 Å². The third kappa shape index (κ3) is 3.32. The average Bonchev–Trinajstić information content (AvgIpc) is 2.40. The van der Waals surface area contributed by atoms with E-state index in [2.05, 4.69) is 5.32 Å². The van der Waals surface area contributed by atoms with Crippen LogP contribution in [0, 0.1) is 11.6 Å². The number of nitrogens with two attached hydrogens (primary N) is 1. The van der Waals surface area contributed by atoms with Crippen LogP contribution in [0.2, 0.25) is 0 Å². The minimum Gasteiger partial charge on any atom is -0.507 e. The molecule has 0 unspecified atom stereocenters. The molecule has 0 aliphatic carbocycles. The number of amides is 1. The van der Waals surface area contributed by atoms with Crippen LogP contribution in [0.5, 0.6) is 5.75 Å². The fourth-order valence-electron chi connectivity index (χ4n) is 1.66. The molecule has 2 rings (SSSR count). The molecule has 0 atom stereocenters. The number of rotatable bonds is 3. The lowest BCUT2D eigenvalue weighted by Crippen LogP contribution is -2.14. The van der Waals surface area contributed by atoms with Gasteiger partial charge in [0.05, 0.1) is 11.3 Å². The number of carbonyl (C=O) groups excluding carboxylic acids is 1. The second-order valence-electron chi connectivity index (χ2n) is 4.17. The van der Waals surface area contributed by atoms with Crippen LogP contribution in [0.25, 0.3) is 0 Å². The first-order valence-corrected chi connectivity index (χ1v) is 6.18.